The molecule has 0 radical (unpaired) electrons. The van der Waals surface area contributed by atoms with Gasteiger partial charge in [0.25, 0.3) is 0 Å². The number of rotatable bonds is 3. The molecule has 0 bridgehead atoms. The largest absolute Gasteiger partial charge is 0.488 e. The van der Waals surface area contributed by atoms with Crippen LogP contribution in [-0.2, 0) is 0 Å². The molecule has 2 nitrogen and oxygen atoms in total. The Morgan fingerprint density at radius 3 is 1.65 bits per heavy atom. The van der Waals surface area contributed by atoms with Gasteiger partial charge in [-0.15, -0.1) is 0 Å². The summed E-state index contributed by atoms with van der Waals surface area (Å²) in [4.78, 5) is 0. The molecular formula is C19H19BO2S. The molecule has 3 aromatic carbocycles. The molecule has 3 rings (SSSR count). The van der Waals surface area contributed by atoms with Crippen LogP contribution in [0.3, 0.4) is 0 Å². The van der Waals surface area contributed by atoms with E-state index in [0.29, 0.717) is 5.46 Å². The van der Waals surface area contributed by atoms with Gasteiger partial charge in [-0.2, -0.15) is 12.6 Å². The van der Waals surface area contributed by atoms with Gasteiger partial charge in [0.05, 0.1) is 0 Å². The number of hydrogen-bond donors (Lipinski definition) is 3. The van der Waals surface area contributed by atoms with Crippen LogP contribution in [0.1, 0.15) is 0 Å². The van der Waals surface area contributed by atoms with E-state index in [1.165, 1.54) is 5.56 Å². The van der Waals surface area contributed by atoms with Crippen LogP contribution in [-0.4, -0.2) is 23.4 Å². The molecule has 0 spiro atoms. The van der Waals surface area contributed by atoms with Crippen molar-refractivity contribution in [2.45, 2.75) is 0 Å². The Kier molecular flexibility index (Phi) is 6.47. The summed E-state index contributed by atoms with van der Waals surface area (Å²) in [6, 6.07) is 25.7. The summed E-state index contributed by atoms with van der Waals surface area (Å²) in [6.45, 7) is 0. The maximum atomic E-state index is 9.24. The summed E-state index contributed by atoms with van der Waals surface area (Å²) in [5.74, 6) is 0. The van der Waals surface area contributed by atoms with Crippen molar-refractivity contribution in [2.75, 3.05) is 6.26 Å². The fourth-order valence-electron chi connectivity index (χ4n) is 2.36. The van der Waals surface area contributed by atoms with Gasteiger partial charge in [-0.3, -0.25) is 0 Å². The van der Waals surface area contributed by atoms with Crippen molar-refractivity contribution in [3.63, 3.8) is 0 Å². The highest BCUT2D eigenvalue weighted by atomic mass is 32.1. The molecule has 0 atom stereocenters. The molecule has 116 valence electrons. The molecule has 23 heavy (non-hydrogen) atoms. The Morgan fingerprint density at radius 1 is 0.609 bits per heavy atom. The van der Waals surface area contributed by atoms with Gasteiger partial charge in [0, 0.05) is 0 Å². The lowest BCUT2D eigenvalue weighted by molar-refractivity contribution is 0.426. The van der Waals surface area contributed by atoms with E-state index in [1.807, 2.05) is 42.5 Å². The second kappa shape index (κ2) is 8.58. The van der Waals surface area contributed by atoms with Crippen molar-refractivity contribution in [1.82, 2.24) is 0 Å². The van der Waals surface area contributed by atoms with E-state index >= 15 is 0 Å². The van der Waals surface area contributed by atoms with Gasteiger partial charge in [0.2, 0.25) is 0 Å². The topological polar surface area (TPSA) is 40.5 Å². The molecule has 3 aromatic rings. The SMILES string of the molecule is CS.OB(O)c1cccc(-c2ccc(-c3ccccc3)cc2)c1. The quantitative estimate of drug-likeness (QED) is 0.512. The van der Waals surface area contributed by atoms with Crippen LogP contribution < -0.4 is 5.46 Å². The highest BCUT2D eigenvalue weighted by Gasteiger charge is 2.11. The second-order valence-corrected chi connectivity index (χ2v) is 4.94. The molecular weight excluding hydrogens is 303 g/mol. The third-order valence-corrected chi connectivity index (χ3v) is 3.51. The molecule has 4 heteroatoms. The molecule has 0 aliphatic rings. The first-order valence-electron chi connectivity index (χ1n) is 7.31. The highest BCUT2D eigenvalue weighted by molar-refractivity contribution is 7.79. The van der Waals surface area contributed by atoms with Gasteiger partial charge in [-0.25, -0.2) is 0 Å². The molecule has 0 fully saturated rings. The van der Waals surface area contributed by atoms with Crippen molar-refractivity contribution in [3.05, 3.63) is 78.9 Å². The van der Waals surface area contributed by atoms with E-state index in [4.69, 9.17) is 0 Å². The summed E-state index contributed by atoms with van der Waals surface area (Å²) < 4.78 is 0. The van der Waals surface area contributed by atoms with Crippen molar-refractivity contribution in [2.24, 2.45) is 0 Å². The van der Waals surface area contributed by atoms with Gasteiger partial charge >= 0.3 is 7.12 Å². The summed E-state index contributed by atoms with van der Waals surface area (Å²) in [6.07, 6.45) is 1.69. The summed E-state index contributed by atoms with van der Waals surface area (Å²) in [5, 5.41) is 18.5. The Hall–Kier alpha value is -2.01. The highest BCUT2D eigenvalue weighted by Crippen LogP contribution is 2.24. The van der Waals surface area contributed by atoms with E-state index in [-0.39, 0.29) is 0 Å². The molecule has 2 N–H and O–H groups in total. The van der Waals surface area contributed by atoms with Gasteiger partial charge in [-0.05, 0) is 34.0 Å². The van der Waals surface area contributed by atoms with Crippen LogP contribution in [0.15, 0.2) is 78.9 Å². The minimum atomic E-state index is -1.44. The lowest BCUT2D eigenvalue weighted by Gasteiger charge is -2.07. The van der Waals surface area contributed by atoms with Crippen LogP contribution in [0.25, 0.3) is 22.3 Å². The van der Waals surface area contributed by atoms with E-state index in [2.05, 4.69) is 36.9 Å². The number of thiol groups is 1. The third-order valence-electron chi connectivity index (χ3n) is 3.51. The predicted molar refractivity (Wildman–Crippen MR) is 102 cm³/mol. The average Bonchev–Trinajstić information content (AvgIpc) is 2.64. The van der Waals surface area contributed by atoms with Crippen LogP contribution in [0.2, 0.25) is 0 Å². The fraction of sp³-hybridized carbons (Fsp3) is 0.0526. The Morgan fingerprint density at radius 2 is 1.09 bits per heavy atom. The maximum Gasteiger partial charge on any atom is 0.488 e. The van der Waals surface area contributed by atoms with E-state index in [0.717, 1.165) is 16.7 Å². The average molecular weight is 322 g/mol. The smallest absolute Gasteiger partial charge is 0.423 e. The standard InChI is InChI=1S/C18H15BO2.CH4S/c20-19(21)18-8-4-7-17(13-18)16-11-9-15(10-12-16)14-5-2-1-3-6-14;1-2/h1-13,20-21H;2H,1H3. The van der Waals surface area contributed by atoms with E-state index in [9.17, 15) is 10.0 Å². The van der Waals surface area contributed by atoms with E-state index < -0.39 is 7.12 Å². The fourth-order valence-corrected chi connectivity index (χ4v) is 2.36. The van der Waals surface area contributed by atoms with Crippen molar-refractivity contribution >= 4 is 25.2 Å². The van der Waals surface area contributed by atoms with Gasteiger partial charge in [0.15, 0.2) is 0 Å². The summed E-state index contributed by atoms with van der Waals surface area (Å²) in [7, 11) is -1.44. The predicted octanol–water partition coefficient (Wildman–Crippen LogP) is 3.25. The maximum absolute atomic E-state index is 9.24. The second-order valence-electron chi connectivity index (χ2n) is 4.94. The molecule has 0 unspecified atom stereocenters. The minimum absolute atomic E-state index is 0.500. The zero-order chi connectivity index (χ0) is 16.7. The van der Waals surface area contributed by atoms with Crippen molar-refractivity contribution in [1.29, 1.82) is 0 Å². The Balaban J connectivity index is 0.000000924. The Bertz CT molecular complexity index is 728. The van der Waals surface area contributed by atoms with Crippen molar-refractivity contribution in [3.8, 4) is 22.3 Å². The third kappa shape index (κ3) is 4.49. The summed E-state index contributed by atoms with van der Waals surface area (Å²) in [5.41, 5.74) is 4.87. The number of benzene rings is 3. The van der Waals surface area contributed by atoms with Crippen LogP contribution in [0.4, 0.5) is 0 Å². The molecule has 0 heterocycles. The first-order valence-corrected chi connectivity index (χ1v) is 8.20. The molecule has 0 aromatic heterocycles. The van der Waals surface area contributed by atoms with Crippen molar-refractivity contribution < 1.29 is 10.0 Å². The molecule has 0 aliphatic carbocycles. The zero-order valence-electron chi connectivity index (χ0n) is 12.9. The minimum Gasteiger partial charge on any atom is -0.423 e. The summed E-state index contributed by atoms with van der Waals surface area (Å²) >= 11 is 3.53. The number of hydrogen-bond acceptors (Lipinski definition) is 3. The molecule has 0 amide bonds. The van der Waals surface area contributed by atoms with E-state index in [1.54, 1.807) is 18.4 Å². The molecule has 0 saturated heterocycles. The lowest BCUT2D eigenvalue weighted by atomic mass is 9.79. The first-order chi connectivity index (χ1) is 11.2. The Labute approximate surface area is 143 Å². The molecule has 0 saturated carbocycles. The van der Waals surface area contributed by atoms with Crippen LogP contribution in [0, 0.1) is 0 Å². The van der Waals surface area contributed by atoms with Crippen LogP contribution in [0.5, 0.6) is 0 Å². The zero-order valence-corrected chi connectivity index (χ0v) is 13.8. The van der Waals surface area contributed by atoms with Gasteiger partial charge < -0.3 is 10.0 Å². The van der Waals surface area contributed by atoms with Gasteiger partial charge in [0.1, 0.15) is 0 Å². The van der Waals surface area contributed by atoms with Gasteiger partial charge in [-0.1, -0.05) is 78.9 Å². The first kappa shape index (κ1) is 17.4. The monoisotopic (exact) mass is 322 g/mol. The lowest BCUT2D eigenvalue weighted by Crippen LogP contribution is -2.29. The normalized spacial score (nSPS) is 9.74. The molecule has 0 aliphatic heterocycles. The van der Waals surface area contributed by atoms with Crippen LogP contribution >= 0.6 is 12.6 Å².